The third-order valence-corrected chi connectivity index (χ3v) is 3.35. The molecule has 1 N–H and O–H groups in total. The molecule has 2 heteroatoms. The molecule has 0 aliphatic heterocycles. The molecule has 2 aromatic rings. The van der Waals surface area contributed by atoms with Crippen LogP contribution in [0.1, 0.15) is 56.5 Å². The van der Waals surface area contributed by atoms with Gasteiger partial charge in [-0.05, 0) is 31.5 Å². The van der Waals surface area contributed by atoms with Crippen LogP contribution in [0.3, 0.4) is 0 Å². The molecule has 1 aromatic carbocycles. The van der Waals surface area contributed by atoms with Crippen molar-refractivity contribution in [2.24, 2.45) is 0 Å². The number of aliphatic hydroxyl groups excluding tert-OH is 1. The first-order valence-corrected chi connectivity index (χ1v) is 6.89. The van der Waals surface area contributed by atoms with E-state index in [4.69, 9.17) is 4.42 Å². The number of furan rings is 1. The van der Waals surface area contributed by atoms with E-state index in [1.165, 1.54) is 24.8 Å². The van der Waals surface area contributed by atoms with E-state index >= 15 is 0 Å². The molecule has 0 aliphatic carbocycles. The van der Waals surface area contributed by atoms with E-state index < -0.39 is 6.10 Å². The van der Waals surface area contributed by atoms with Gasteiger partial charge in [-0.25, -0.2) is 0 Å². The van der Waals surface area contributed by atoms with E-state index in [0.29, 0.717) is 5.76 Å². The van der Waals surface area contributed by atoms with Crippen molar-refractivity contribution in [3.63, 3.8) is 0 Å². The van der Waals surface area contributed by atoms with Crippen molar-refractivity contribution < 1.29 is 9.52 Å². The van der Waals surface area contributed by atoms with E-state index in [1.54, 1.807) is 0 Å². The largest absolute Gasteiger partial charge is 0.458 e. The van der Waals surface area contributed by atoms with Crippen LogP contribution in [0.4, 0.5) is 0 Å². The summed E-state index contributed by atoms with van der Waals surface area (Å²) in [5.74, 6) is 0.701. The predicted molar refractivity (Wildman–Crippen MR) is 74.7 cm³/mol. The van der Waals surface area contributed by atoms with Crippen molar-refractivity contribution in [2.45, 2.75) is 52.1 Å². The number of hydrogen-bond acceptors (Lipinski definition) is 2. The van der Waals surface area contributed by atoms with Gasteiger partial charge in [0.2, 0.25) is 0 Å². The lowest BCUT2D eigenvalue weighted by Crippen LogP contribution is -1.95. The zero-order chi connectivity index (χ0) is 13.0. The van der Waals surface area contributed by atoms with Crippen LogP contribution in [0.5, 0.6) is 0 Å². The van der Waals surface area contributed by atoms with Gasteiger partial charge in [0, 0.05) is 5.39 Å². The highest BCUT2D eigenvalue weighted by atomic mass is 16.4. The Morgan fingerprint density at radius 3 is 2.78 bits per heavy atom. The van der Waals surface area contributed by atoms with Gasteiger partial charge < -0.3 is 9.52 Å². The Morgan fingerprint density at radius 1 is 1.17 bits per heavy atom. The van der Waals surface area contributed by atoms with Gasteiger partial charge in [0.25, 0.3) is 0 Å². The number of fused-ring (bicyclic) bond motifs is 1. The number of aliphatic hydroxyl groups is 1. The van der Waals surface area contributed by atoms with Gasteiger partial charge in [0.15, 0.2) is 0 Å². The number of rotatable bonds is 6. The highest BCUT2D eigenvalue weighted by Crippen LogP contribution is 2.27. The van der Waals surface area contributed by atoms with Crippen molar-refractivity contribution >= 4 is 11.0 Å². The molecule has 1 atom stereocenters. The second kappa shape index (κ2) is 6.05. The van der Waals surface area contributed by atoms with E-state index in [2.05, 4.69) is 19.9 Å². The standard InChI is InChI=1S/C16H22O2/c1-3-4-5-6-7-14(17)16-11-13-10-12(2)8-9-15(13)18-16/h8-11,14,17H,3-7H2,1-2H3. The monoisotopic (exact) mass is 246 g/mol. The summed E-state index contributed by atoms with van der Waals surface area (Å²) in [6, 6.07) is 8.06. The molecule has 0 saturated heterocycles. The molecular formula is C16H22O2. The fraction of sp³-hybridized carbons (Fsp3) is 0.500. The topological polar surface area (TPSA) is 33.4 Å². The van der Waals surface area contributed by atoms with Gasteiger partial charge >= 0.3 is 0 Å². The molecule has 0 saturated carbocycles. The van der Waals surface area contributed by atoms with Crippen LogP contribution in [-0.2, 0) is 0 Å². The first-order valence-electron chi connectivity index (χ1n) is 6.89. The van der Waals surface area contributed by atoms with E-state index in [9.17, 15) is 5.11 Å². The Balaban J connectivity index is 2.01. The highest BCUT2D eigenvalue weighted by molar-refractivity contribution is 5.78. The van der Waals surface area contributed by atoms with Crippen LogP contribution >= 0.6 is 0 Å². The summed E-state index contributed by atoms with van der Waals surface area (Å²) in [6.45, 7) is 4.26. The Bertz CT molecular complexity index is 499. The Kier molecular flexibility index (Phi) is 4.43. The fourth-order valence-corrected chi connectivity index (χ4v) is 2.25. The molecule has 2 nitrogen and oxygen atoms in total. The average Bonchev–Trinajstić information content (AvgIpc) is 2.77. The third-order valence-electron chi connectivity index (χ3n) is 3.35. The minimum Gasteiger partial charge on any atom is -0.458 e. The molecule has 2 rings (SSSR count). The minimum atomic E-state index is -0.463. The molecule has 0 aliphatic rings. The van der Waals surface area contributed by atoms with Crippen molar-refractivity contribution in [2.75, 3.05) is 0 Å². The molecular weight excluding hydrogens is 224 g/mol. The van der Waals surface area contributed by atoms with Gasteiger partial charge in [0.05, 0.1) is 0 Å². The van der Waals surface area contributed by atoms with Crippen LogP contribution < -0.4 is 0 Å². The second-order valence-electron chi connectivity index (χ2n) is 5.06. The Hall–Kier alpha value is -1.28. The lowest BCUT2D eigenvalue weighted by atomic mass is 10.1. The number of hydrogen-bond donors (Lipinski definition) is 1. The molecule has 98 valence electrons. The highest BCUT2D eigenvalue weighted by Gasteiger charge is 2.12. The van der Waals surface area contributed by atoms with Gasteiger partial charge in [-0.15, -0.1) is 0 Å². The van der Waals surface area contributed by atoms with Crippen LogP contribution in [0, 0.1) is 6.92 Å². The SMILES string of the molecule is CCCCCCC(O)c1cc2cc(C)ccc2o1. The lowest BCUT2D eigenvalue weighted by molar-refractivity contribution is 0.139. The summed E-state index contributed by atoms with van der Waals surface area (Å²) >= 11 is 0. The van der Waals surface area contributed by atoms with Crippen molar-refractivity contribution in [3.8, 4) is 0 Å². The van der Waals surface area contributed by atoms with E-state index in [1.807, 2.05) is 18.2 Å². The molecule has 1 heterocycles. The minimum absolute atomic E-state index is 0.463. The quantitative estimate of drug-likeness (QED) is 0.746. The molecule has 18 heavy (non-hydrogen) atoms. The summed E-state index contributed by atoms with van der Waals surface area (Å²) in [7, 11) is 0. The summed E-state index contributed by atoms with van der Waals surface area (Å²) in [5.41, 5.74) is 2.08. The molecule has 0 fully saturated rings. The summed E-state index contributed by atoms with van der Waals surface area (Å²) in [6.07, 6.45) is 5.04. The molecule has 0 amide bonds. The smallest absolute Gasteiger partial charge is 0.134 e. The molecule has 0 radical (unpaired) electrons. The number of unbranched alkanes of at least 4 members (excludes halogenated alkanes) is 3. The normalized spacial score (nSPS) is 13.1. The Labute approximate surface area is 109 Å². The second-order valence-corrected chi connectivity index (χ2v) is 5.06. The van der Waals surface area contributed by atoms with Crippen LogP contribution in [0.25, 0.3) is 11.0 Å². The Morgan fingerprint density at radius 2 is 2.00 bits per heavy atom. The van der Waals surface area contributed by atoms with Gasteiger partial charge in [0.1, 0.15) is 17.4 Å². The summed E-state index contributed by atoms with van der Waals surface area (Å²) in [4.78, 5) is 0. The van der Waals surface area contributed by atoms with Crippen molar-refractivity contribution in [3.05, 3.63) is 35.6 Å². The van der Waals surface area contributed by atoms with Gasteiger partial charge in [-0.2, -0.15) is 0 Å². The maximum atomic E-state index is 10.1. The molecule has 0 spiro atoms. The third kappa shape index (κ3) is 3.14. The maximum Gasteiger partial charge on any atom is 0.134 e. The summed E-state index contributed by atoms with van der Waals surface area (Å²) in [5, 5.41) is 11.2. The van der Waals surface area contributed by atoms with Gasteiger partial charge in [-0.3, -0.25) is 0 Å². The van der Waals surface area contributed by atoms with Crippen LogP contribution in [0.2, 0.25) is 0 Å². The predicted octanol–water partition coefficient (Wildman–Crippen LogP) is 4.75. The van der Waals surface area contributed by atoms with Crippen LogP contribution in [0.15, 0.2) is 28.7 Å². The molecule has 1 unspecified atom stereocenters. The zero-order valence-electron chi connectivity index (χ0n) is 11.3. The van der Waals surface area contributed by atoms with Crippen LogP contribution in [-0.4, -0.2) is 5.11 Å². The average molecular weight is 246 g/mol. The molecule has 1 aromatic heterocycles. The lowest BCUT2D eigenvalue weighted by Gasteiger charge is -2.06. The zero-order valence-corrected chi connectivity index (χ0v) is 11.3. The number of benzene rings is 1. The fourth-order valence-electron chi connectivity index (χ4n) is 2.25. The molecule has 0 bridgehead atoms. The van der Waals surface area contributed by atoms with E-state index in [0.717, 1.165) is 23.8 Å². The first kappa shape index (κ1) is 13.2. The first-order chi connectivity index (χ1) is 8.70. The van der Waals surface area contributed by atoms with Gasteiger partial charge in [-0.1, -0.05) is 44.2 Å². The van der Waals surface area contributed by atoms with Crippen molar-refractivity contribution in [1.82, 2.24) is 0 Å². The van der Waals surface area contributed by atoms with E-state index in [-0.39, 0.29) is 0 Å². The van der Waals surface area contributed by atoms with Crippen molar-refractivity contribution in [1.29, 1.82) is 0 Å². The maximum absolute atomic E-state index is 10.1. The summed E-state index contributed by atoms with van der Waals surface area (Å²) < 4.78 is 5.69. The number of aryl methyl sites for hydroxylation is 1.